The van der Waals surface area contributed by atoms with Crippen molar-refractivity contribution in [3.8, 4) is 5.88 Å². The molecule has 0 saturated carbocycles. The van der Waals surface area contributed by atoms with Crippen molar-refractivity contribution in [2.24, 2.45) is 0 Å². The predicted molar refractivity (Wildman–Crippen MR) is 76.9 cm³/mol. The van der Waals surface area contributed by atoms with Crippen LogP contribution in [0, 0.1) is 0 Å². The SMILES string of the molecule is O=C(NCc1cccnc1OCC(F)(F)F)N1CCSCC1. The summed E-state index contributed by atoms with van der Waals surface area (Å²) in [5.74, 6) is 1.66. The molecule has 1 aromatic heterocycles. The van der Waals surface area contributed by atoms with E-state index < -0.39 is 12.8 Å². The Morgan fingerprint density at radius 1 is 1.41 bits per heavy atom. The van der Waals surface area contributed by atoms with Crippen LogP contribution in [-0.4, -0.2) is 53.3 Å². The van der Waals surface area contributed by atoms with Gasteiger partial charge in [-0.2, -0.15) is 24.9 Å². The number of thioether (sulfide) groups is 1. The van der Waals surface area contributed by atoms with Gasteiger partial charge in [0.2, 0.25) is 5.88 Å². The number of pyridine rings is 1. The molecular formula is C13H16F3N3O2S. The maximum Gasteiger partial charge on any atom is 0.422 e. The first kappa shape index (κ1) is 16.7. The van der Waals surface area contributed by atoms with Crippen molar-refractivity contribution >= 4 is 17.8 Å². The molecule has 9 heteroatoms. The van der Waals surface area contributed by atoms with Gasteiger partial charge in [0.15, 0.2) is 6.61 Å². The lowest BCUT2D eigenvalue weighted by Gasteiger charge is -2.26. The lowest BCUT2D eigenvalue weighted by atomic mass is 10.2. The number of carbonyl (C=O) groups excluding carboxylic acids is 1. The van der Waals surface area contributed by atoms with E-state index in [1.54, 1.807) is 28.8 Å². The lowest BCUT2D eigenvalue weighted by molar-refractivity contribution is -0.154. The molecule has 0 aromatic carbocycles. The number of rotatable bonds is 4. The molecule has 2 rings (SSSR count). The zero-order chi connectivity index (χ0) is 16.0. The first-order valence-electron chi connectivity index (χ1n) is 6.70. The third-order valence-corrected chi connectivity index (χ3v) is 3.89. The number of ether oxygens (including phenoxy) is 1. The number of hydrogen-bond acceptors (Lipinski definition) is 4. The minimum Gasteiger partial charge on any atom is -0.468 e. The summed E-state index contributed by atoms with van der Waals surface area (Å²) in [6.07, 6.45) is -3.08. The Kier molecular flexibility index (Phi) is 5.76. The number of hydrogen-bond donors (Lipinski definition) is 1. The third-order valence-electron chi connectivity index (χ3n) is 2.95. The van der Waals surface area contributed by atoms with Gasteiger partial charge in [0.25, 0.3) is 0 Å². The number of nitrogens with one attached hydrogen (secondary N) is 1. The second-order valence-corrected chi connectivity index (χ2v) is 5.85. The molecule has 1 saturated heterocycles. The number of urea groups is 1. The van der Waals surface area contributed by atoms with Crippen LogP contribution in [0.5, 0.6) is 5.88 Å². The van der Waals surface area contributed by atoms with Crippen LogP contribution in [0.4, 0.5) is 18.0 Å². The first-order valence-corrected chi connectivity index (χ1v) is 7.85. The molecule has 0 aliphatic carbocycles. The van der Waals surface area contributed by atoms with Gasteiger partial charge in [-0.3, -0.25) is 0 Å². The summed E-state index contributed by atoms with van der Waals surface area (Å²) in [6.45, 7) is -0.000242. The second kappa shape index (κ2) is 7.57. The Morgan fingerprint density at radius 2 is 2.14 bits per heavy atom. The quantitative estimate of drug-likeness (QED) is 0.917. The molecule has 0 atom stereocenters. The zero-order valence-electron chi connectivity index (χ0n) is 11.7. The van der Waals surface area contributed by atoms with Gasteiger partial charge < -0.3 is 15.0 Å². The maximum atomic E-state index is 12.2. The van der Waals surface area contributed by atoms with Gasteiger partial charge in [-0.1, -0.05) is 6.07 Å². The van der Waals surface area contributed by atoms with Crippen molar-refractivity contribution in [2.75, 3.05) is 31.2 Å². The number of nitrogens with zero attached hydrogens (tertiary/aromatic N) is 2. The zero-order valence-corrected chi connectivity index (χ0v) is 12.5. The standard InChI is InChI=1S/C13H16F3N3O2S/c14-13(15,16)9-21-11-10(2-1-3-17-11)8-18-12(20)19-4-6-22-7-5-19/h1-3H,4-9H2,(H,18,20). The fourth-order valence-corrected chi connectivity index (χ4v) is 2.79. The van der Waals surface area contributed by atoms with Crippen molar-refractivity contribution in [2.45, 2.75) is 12.7 Å². The number of carbonyl (C=O) groups is 1. The van der Waals surface area contributed by atoms with E-state index in [1.165, 1.54) is 6.20 Å². The highest BCUT2D eigenvalue weighted by molar-refractivity contribution is 7.99. The van der Waals surface area contributed by atoms with E-state index >= 15 is 0 Å². The Morgan fingerprint density at radius 3 is 2.82 bits per heavy atom. The normalized spacial score (nSPS) is 15.5. The Hall–Kier alpha value is -1.64. The molecule has 0 unspecified atom stereocenters. The number of amides is 2. The van der Waals surface area contributed by atoms with Crippen LogP contribution in [0.15, 0.2) is 18.3 Å². The fraction of sp³-hybridized carbons (Fsp3) is 0.538. The van der Waals surface area contributed by atoms with Crippen LogP contribution in [0.25, 0.3) is 0 Å². The van der Waals surface area contributed by atoms with Crippen LogP contribution in [0.2, 0.25) is 0 Å². The molecule has 1 aromatic rings. The highest BCUT2D eigenvalue weighted by atomic mass is 32.2. The molecule has 1 aliphatic rings. The van der Waals surface area contributed by atoms with Crippen LogP contribution < -0.4 is 10.1 Å². The first-order chi connectivity index (χ1) is 10.5. The molecule has 1 fully saturated rings. The molecule has 2 heterocycles. The number of aromatic nitrogens is 1. The molecule has 22 heavy (non-hydrogen) atoms. The van der Waals surface area contributed by atoms with E-state index in [4.69, 9.17) is 0 Å². The van der Waals surface area contributed by atoms with Gasteiger partial charge >= 0.3 is 12.2 Å². The van der Waals surface area contributed by atoms with E-state index in [0.717, 1.165) is 11.5 Å². The number of alkyl halides is 3. The molecule has 122 valence electrons. The van der Waals surface area contributed by atoms with Crippen molar-refractivity contribution in [1.29, 1.82) is 0 Å². The van der Waals surface area contributed by atoms with Gasteiger partial charge in [-0.15, -0.1) is 0 Å². The van der Waals surface area contributed by atoms with E-state index in [9.17, 15) is 18.0 Å². The molecule has 0 spiro atoms. The summed E-state index contributed by atoms with van der Waals surface area (Å²) in [4.78, 5) is 17.4. The van der Waals surface area contributed by atoms with E-state index in [2.05, 4.69) is 15.0 Å². The van der Waals surface area contributed by atoms with E-state index in [-0.39, 0.29) is 18.5 Å². The molecule has 0 radical (unpaired) electrons. The highest BCUT2D eigenvalue weighted by Gasteiger charge is 2.29. The summed E-state index contributed by atoms with van der Waals surface area (Å²) in [7, 11) is 0. The molecule has 1 aliphatic heterocycles. The Balaban J connectivity index is 1.90. The minimum atomic E-state index is -4.43. The molecular weight excluding hydrogens is 319 g/mol. The summed E-state index contributed by atoms with van der Waals surface area (Å²) in [5, 5.41) is 2.68. The summed E-state index contributed by atoms with van der Waals surface area (Å²) >= 11 is 1.78. The van der Waals surface area contributed by atoms with Crippen LogP contribution in [0.3, 0.4) is 0 Å². The fourth-order valence-electron chi connectivity index (χ4n) is 1.89. The molecule has 2 amide bonds. The summed E-state index contributed by atoms with van der Waals surface area (Å²) < 4.78 is 41.3. The van der Waals surface area contributed by atoms with Gasteiger partial charge in [0.1, 0.15) is 0 Å². The van der Waals surface area contributed by atoms with Crippen molar-refractivity contribution in [3.63, 3.8) is 0 Å². The van der Waals surface area contributed by atoms with Crippen LogP contribution in [0.1, 0.15) is 5.56 Å². The highest BCUT2D eigenvalue weighted by Crippen LogP contribution is 2.20. The van der Waals surface area contributed by atoms with Crippen molar-refractivity contribution < 1.29 is 22.7 Å². The predicted octanol–water partition coefficient (Wildman–Crippen LogP) is 2.28. The average molecular weight is 335 g/mol. The number of halogens is 3. The minimum absolute atomic E-state index is 0.0729. The van der Waals surface area contributed by atoms with E-state index in [0.29, 0.717) is 18.7 Å². The van der Waals surface area contributed by atoms with Crippen LogP contribution >= 0.6 is 11.8 Å². The van der Waals surface area contributed by atoms with E-state index in [1.807, 2.05) is 0 Å². The average Bonchev–Trinajstić information content (AvgIpc) is 2.51. The maximum absolute atomic E-state index is 12.2. The van der Waals surface area contributed by atoms with Crippen molar-refractivity contribution in [3.05, 3.63) is 23.9 Å². The van der Waals surface area contributed by atoms with Crippen molar-refractivity contribution in [1.82, 2.24) is 15.2 Å². The summed E-state index contributed by atoms with van der Waals surface area (Å²) in [6, 6.07) is 2.93. The van der Waals surface area contributed by atoms with Gasteiger partial charge in [0, 0.05) is 42.9 Å². The lowest BCUT2D eigenvalue weighted by Crippen LogP contribution is -2.44. The second-order valence-electron chi connectivity index (χ2n) is 4.63. The molecule has 1 N–H and O–H groups in total. The molecule has 0 bridgehead atoms. The smallest absolute Gasteiger partial charge is 0.422 e. The van der Waals surface area contributed by atoms with Gasteiger partial charge in [0.05, 0.1) is 0 Å². The Bertz CT molecular complexity index is 508. The van der Waals surface area contributed by atoms with Gasteiger partial charge in [-0.05, 0) is 6.07 Å². The Labute approximate surface area is 130 Å². The van der Waals surface area contributed by atoms with Gasteiger partial charge in [-0.25, -0.2) is 9.78 Å². The van der Waals surface area contributed by atoms with Crippen LogP contribution in [-0.2, 0) is 6.54 Å². The molecule has 5 nitrogen and oxygen atoms in total. The monoisotopic (exact) mass is 335 g/mol. The topological polar surface area (TPSA) is 54.5 Å². The summed E-state index contributed by atoms with van der Waals surface area (Å²) in [5.41, 5.74) is 0.409. The third kappa shape index (κ3) is 5.28. The largest absolute Gasteiger partial charge is 0.468 e.